The van der Waals surface area contributed by atoms with Crippen molar-refractivity contribution in [1.29, 1.82) is 5.26 Å². The molecule has 0 aliphatic carbocycles. The van der Waals surface area contributed by atoms with Crippen molar-refractivity contribution in [1.82, 2.24) is 4.98 Å². The first-order valence-electron chi connectivity index (χ1n) is 5.73. The van der Waals surface area contributed by atoms with E-state index < -0.39 is 4.92 Å². The summed E-state index contributed by atoms with van der Waals surface area (Å²) < 4.78 is 0. The van der Waals surface area contributed by atoms with Gasteiger partial charge in [0.1, 0.15) is 0 Å². The van der Waals surface area contributed by atoms with Crippen LogP contribution in [0.2, 0.25) is 0 Å². The Labute approximate surface area is 115 Å². The molecule has 0 aliphatic rings. The minimum Gasteiger partial charge on any atom is -0.334 e. The molecule has 6 nitrogen and oxygen atoms in total. The summed E-state index contributed by atoms with van der Waals surface area (Å²) >= 11 is 0. The number of pyridine rings is 1. The first kappa shape index (κ1) is 13.2. The van der Waals surface area contributed by atoms with Crippen LogP contribution in [0.5, 0.6) is 0 Å². The monoisotopic (exact) mass is 266 g/mol. The standard InChI is InChI=1S/C14H10N4O2/c15-8-2-5-11-4-1-6-12(10-11)17-14-13(18(19)20)7-3-9-16-14/h1-7,9-10H,(H,16,17)/b5-2+. The molecule has 0 radical (unpaired) electrons. The molecular formula is C14H10N4O2. The highest BCUT2D eigenvalue weighted by Gasteiger charge is 2.13. The van der Waals surface area contributed by atoms with E-state index in [1.807, 2.05) is 12.1 Å². The fourth-order valence-corrected chi connectivity index (χ4v) is 1.63. The molecule has 1 heterocycles. The van der Waals surface area contributed by atoms with Gasteiger partial charge >= 0.3 is 5.69 Å². The number of aromatic nitrogens is 1. The second-order valence-electron chi connectivity index (χ2n) is 3.84. The maximum absolute atomic E-state index is 10.9. The lowest BCUT2D eigenvalue weighted by atomic mass is 10.2. The van der Waals surface area contributed by atoms with Crippen molar-refractivity contribution in [2.24, 2.45) is 0 Å². The molecule has 0 amide bonds. The lowest BCUT2D eigenvalue weighted by Gasteiger charge is -2.06. The zero-order valence-electron chi connectivity index (χ0n) is 10.4. The van der Waals surface area contributed by atoms with Crippen molar-refractivity contribution in [3.63, 3.8) is 0 Å². The highest BCUT2D eigenvalue weighted by Crippen LogP contribution is 2.25. The molecule has 0 aliphatic heterocycles. The molecule has 0 unspecified atom stereocenters. The number of hydrogen-bond acceptors (Lipinski definition) is 5. The molecule has 1 aromatic carbocycles. The minimum atomic E-state index is -0.491. The normalized spacial score (nSPS) is 10.2. The van der Waals surface area contributed by atoms with E-state index in [-0.39, 0.29) is 11.5 Å². The SMILES string of the molecule is N#C/C=C/c1cccc(Nc2ncccc2[N+](=O)[O-])c1. The predicted octanol–water partition coefficient (Wildman–Crippen LogP) is 3.27. The average Bonchev–Trinajstić information content (AvgIpc) is 2.46. The Hall–Kier alpha value is -3.20. The van der Waals surface area contributed by atoms with Gasteiger partial charge in [-0.3, -0.25) is 10.1 Å². The van der Waals surface area contributed by atoms with Crippen molar-refractivity contribution in [3.8, 4) is 6.07 Å². The third-order valence-electron chi connectivity index (χ3n) is 2.48. The van der Waals surface area contributed by atoms with Crippen molar-refractivity contribution in [2.45, 2.75) is 0 Å². The number of allylic oxidation sites excluding steroid dienone is 1. The van der Waals surface area contributed by atoms with Crippen LogP contribution < -0.4 is 5.32 Å². The van der Waals surface area contributed by atoms with Crippen LogP contribution in [-0.2, 0) is 0 Å². The number of hydrogen-bond donors (Lipinski definition) is 1. The van der Waals surface area contributed by atoms with E-state index >= 15 is 0 Å². The van der Waals surface area contributed by atoms with Gasteiger partial charge < -0.3 is 5.32 Å². The molecule has 1 aromatic heterocycles. The second-order valence-corrected chi connectivity index (χ2v) is 3.84. The average molecular weight is 266 g/mol. The number of nitriles is 1. The first-order valence-corrected chi connectivity index (χ1v) is 5.73. The Bertz CT molecular complexity index is 704. The van der Waals surface area contributed by atoms with Crippen LogP contribution in [0.15, 0.2) is 48.7 Å². The van der Waals surface area contributed by atoms with E-state index in [1.54, 1.807) is 24.3 Å². The van der Waals surface area contributed by atoms with Crippen LogP contribution in [0.4, 0.5) is 17.2 Å². The number of rotatable bonds is 4. The maximum Gasteiger partial charge on any atom is 0.311 e. The van der Waals surface area contributed by atoms with Gasteiger partial charge in [0.2, 0.25) is 5.82 Å². The third kappa shape index (κ3) is 3.17. The molecule has 0 saturated carbocycles. The molecule has 0 atom stereocenters. The van der Waals surface area contributed by atoms with E-state index in [1.165, 1.54) is 24.4 Å². The Balaban J connectivity index is 2.29. The number of nitro groups is 1. The van der Waals surface area contributed by atoms with Gasteiger partial charge in [-0.2, -0.15) is 5.26 Å². The molecule has 20 heavy (non-hydrogen) atoms. The Morgan fingerprint density at radius 2 is 2.20 bits per heavy atom. The summed E-state index contributed by atoms with van der Waals surface area (Å²) in [5.74, 6) is 0.180. The van der Waals surface area contributed by atoms with Gasteiger partial charge in [0.15, 0.2) is 0 Å². The fraction of sp³-hybridized carbons (Fsp3) is 0. The molecule has 0 fully saturated rings. The number of nitrogens with one attached hydrogen (secondary N) is 1. The lowest BCUT2D eigenvalue weighted by Crippen LogP contribution is -1.99. The first-order chi connectivity index (χ1) is 9.70. The summed E-state index contributed by atoms with van der Waals surface area (Å²) in [6.07, 6.45) is 4.50. The van der Waals surface area contributed by atoms with Gasteiger partial charge in [-0.15, -0.1) is 0 Å². The van der Waals surface area contributed by atoms with E-state index in [9.17, 15) is 10.1 Å². The summed E-state index contributed by atoms with van der Waals surface area (Å²) in [6.45, 7) is 0. The van der Waals surface area contributed by atoms with Crippen molar-refractivity contribution >= 4 is 23.3 Å². The van der Waals surface area contributed by atoms with Gasteiger partial charge in [-0.25, -0.2) is 4.98 Å². The van der Waals surface area contributed by atoms with Gasteiger partial charge in [-0.1, -0.05) is 12.1 Å². The van der Waals surface area contributed by atoms with Crippen LogP contribution in [0.3, 0.4) is 0 Å². The van der Waals surface area contributed by atoms with Gasteiger partial charge in [0.05, 0.1) is 11.0 Å². The van der Waals surface area contributed by atoms with Gasteiger partial charge in [0, 0.05) is 24.0 Å². The van der Waals surface area contributed by atoms with Crippen molar-refractivity contribution < 1.29 is 4.92 Å². The molecule has 0 saturated heterocycles. The summed E-state index contributed by atoms with van der Waals surface area (Å²) in [5, 5.41) is 22.3. The zero-order chi connectivity index (χ0) is 14.4. The van der Waals surface area contributed by atoms with E-state index in [2.05, 4.69) is 10.3 Å². The number of anilines is 2. The van der Waals surface area contributed by atoms with Gasteiger partial charge in [0.25, 0.3) is 0 Å². The fourth-order valence-electron chi connectivity index (χ4n) is 1.63. The topological polar surface area (TPSA) is 91.8 Å². The summed E-state index contributed by atoms with van der Waals surface area (Å²) in [6, 6.07) is 11.9. The summed E-state index contributed by atoms with van der Waals surface area (Å²) in [4.78, 5) is 14.4. The zero-order valence-corrected chi connectivity index (χ0v) is 10.4. The van der Waals surface area contributed by atoms with Crippen molar-refractivity contribution in [3.05, 3.63) is 64.3 Å². The van der Waals surface area contributed by atoms with Crippen LogP contribution in [0.25, 0.3) is 6.08 Å². The molecule has 98 valence electrons. The van der Waals surface area contributed by atoms with E-state index in [0.29, 0.717) is 5.69 Å². The van der Waals surface area contributed by atoms with Crippen LogP contribution >= 0.6 is 0 Å². The Morgan fingerprint density at radius 3 is 2.95 bits per heavy atom. The Morgan fingerprint density at radius 1 is 1.35 bits per heavy atom. The summed E-state index contributed by atoms with van der Waals surface area (Å²) in [7, 11) is 0. The van der Waals surface area contributed by atoms with Crippen LogP contribution in [0.1, 0.15) is 5.56 Å². The molecule has 0 spiro atoms. The quantitative estimate of drug-likeness (QED) is 0.521. The van der Waals surface area contributed by atoms with E-state index in [4.69, 9.17) is 5.26 Å². The molecule has 1 N–H and O–H groups in total. The molecule has 0 bridgehead atoms. The Kier molecular flexibility index (Phi) is 4.04. The molecule has 6 heteroatoms. The summed E-state index contributed by atoms with van der Waals surface area (Å²) in [5.41, 5.74) is 1.38. The highest BCUT2D eigenvalue weighted by molar-refractivity contribution is 5.67. The largest absolute Gasteiger partial charge is 0.334 e. The van der Waals surface area contributed by atoms with Crippen LogP contribution in [0, 0.1) is 21.4 Å². The lowest BCUT2D eigenvalue weighted by molar-refractivity contribution is -0.384. The van der Waals surface area contributed by atoms with Gasteiger partial charge in [-0.05, 0) is 29.8 Å². The number of benzene rings is 1. The second kappa shape index (κ2) is 6.11. The smallest absolute Gasteiger partial charge is 0.311 e. The molecular weight excluding hydrogens is 256 g/mol. The molecule has 2 rings (SSSR count). The number of nitrogens with zero attached hydrogens (tertiary/aromatic N) is 3. The third-order valence-corrected chi connectivity index (χ3v) is 2.48. The molecule has 2 aromatic rings. The predicted molar refractivity (Wildman–Crippen MR) is 75.3 cm³/mol. The van der Waals surface area contributed by atoms with Crippen LogP contribution in [-0.4, -0.2) is 9.91 Å². The maximum atomic E-state index is 10.9. The van der Waals surface area contributed by atoms with E-state index in [0.717, 1.165) is 5.56 Å². The van der Waals surface area contributed by atoms with Crippen molar-refractivity contribution in [2.75, 3.05) is 5.32 Å². The minimum absolute atomic E-state index is 0.0922. The highest BCUT2D eigenvalue weighted by atomic mass is 16.6.